The third-order valence-electron chi connectivity index (χ3n) is 3.16. The Morgan fingerprint density at radius 1 is 1.04 bits per heavy atom. The first kappa shape index (κ1) is 21.1. The number of rotatable bonds is 9. The van der Waals surface area contributed by atoms with Crippen molar-refractivity contribution in [1.82, 2.24) is 5.32 Å². The highest BCUT2D eigenvalue weighted by Crippen LogP contribution is 2.21. The van der Waals surface area contributed by atoms with Gasteiger partial charge in [0, 0.05) is 18.5 Å². The summed E-state index contributed by atoms with van der Waals surface area (Å²) in [6.45, 7) is 1.33. The molecule has 136 valence electrons. The molecule has 0 fully saturated rings. The fourth-order valence-electron chi connectivity index (χ4n) is 2.04. The van der Waals surface area contributed by atoms with Crippen LogP contribution < -0.4 is 16.0 Å². The van der Waals surface area contributed by atoms with Crippen molar-refractivity contribution in [3.05, 3.63) is 46.7 Å². The Morgan fingerprint density at radius 2 is 1.72 bits per heavy atom. The van der Waals surface area contributed by atoms with Crippen molar-refractivity contribution in [3.63, 3.8) is 0 Å². The number of benzene rings is 1. The van der Waals surface area contributed by atoms with Crippen LogP contribution in [0.15, 0.2) is 41.8 Å². The first-order valence-electron chi connectivity index (χ1n) is 7.60. The van der Waals surface area contributed by atoms with E-state index in [9.17, 15) is 9.59 Å². The van der Waals surface area contributed by atoms with Gasteiger partial charge in [0.05, 0.1) is 30.9 Å². The molecular formula is C17H22ClN3O3S. The quantitative estimate of drug-likeness (QED) is 0.581. The standard InChI is InChI=1S/C17H21N3O3S.ClH/c1-23-9-8-18-12-17(22)20-15-7-3-2-6-14(15)19-16(21)11-13-5-4-10-24-13;/h2-7,10,18H,8-9,11-12H2,1H3,(H,19,21)(H,20,22);1H. The van der Waals surface area contributed by atoms with Crippen LogP contribution in [0.5, 0.6) is 0 Å². The molecule has 0 radical (unpaired) electrons. The smallest absolute Gasteiger partial charge is 0.238 e. The Labute approximate surface area is 157 Å². The summed E-state index contributed by atoms with van der Waals surface area (Å²) in [7, 11) is 1.61. The number of nitrogens with one attached hydrogen (secondary N) is 3. The lowest BCUT2D eigenvalue weighted by Crippen LogP contribution is -2.30. The molecule has 0 aliphatic carbocycles. The van der Waals surface area contributed by atoms with E-state index in [-0.39, 0.29) is 30.8 Å². The van der Waals surface area contributed by atoms with E-state index in [1.807, 2.05) is 29.6 Å². The van der Waals surface area contributed by atoms with Crippen LogP contribution in [-0.4, -0.2) is 38.6 Å². The molecule has 3 N–H and O–H groups in total. The van der Waals surface area contributed by atoms with Gasteiger partial charge in [-0.1, -0.05) is 18.2 Å². The highest BCUT2D eigenvalue weighted by Gasteiger charge is 2.10. The Morgan fingerprint density at radius 3 is 2.32 bits per heavy atom. The molecule has 0 bridgehead atoms. The molecular weight excluding hydrogens is 362 g/mol. The zero-order chi connectivity index (χ0) is 17.2. The van der Waals surface area contributed by atoms with Crippen molar-refractivity contribution in [3.8, 4) is 0 Å². The van der Waals surface area contributed by atoms with E-state index >= 15 is 0 Å². The highest BCUT2D eigenvalue weighted by molar-refractivity contribution is 7.10. The molecule has 25 heavy (non-hydrogen) atoms. The molecule has 0 spiro atoms. The lowest BCUT2D eigenvalue weighted by Gasteiger charge is -2.12. The van der Waals surface area contributed by atoms with Crippen LogP contribution in [0.4, 0.5) is 11.4 Å². The first-order valence-corrected chi connectivity index (χ1v) is 8.48. The number of thiophene rings is 1. The van der Waals surface area contributed by atoms with E-state index in [0.29, 0.717) is 30.9 Å². The molecule has 0 saturated carbocycles. The molecule has 2 amide bonds. The summed E-state index contributed by atoms with van der Waals surface area (Å²) >= 11 is 1.54. The molecule has 0 saturated heterocycles. The molecule has 1 heterocycles. The minimum Gasteiger partial charge on any atom is -0.383 e. The Balaban J connectivity index is 0.00000312. The molecule has 2 aromatic rings. The average Bonchev–Trinajstić information content (AvgIpc) is 3.06. The fourth-order valence-corrected chi connectivity index (χ4v) is 2.74. The van der Waals surface area contributed by atoms with Crippen LogP contribution in [0.2, 0.25) is 0 Å². The van der Waals surface area contributed by atoms with Crippen LogP contribution in [0.3, 0.4) is 0 Å². The van der Waals surface area contributed by atoms with Gasteiger partial charge in [-0.3, -0.25) is 9.59 Å². The second-order valence-electron chi connectivity index (χ2n) is 5.07. The number of carbonyl (C=O) groups excluding carboxylic acids is 2. The maximum atomic E-state index is 12.1. The summed E-state index contributed by atoms with van der Waals surface area (Å²) in [5.41, 5.74) is 1.17. The lowest BCUT2D eigenvalue weighted by atomic mass is 10.2. The maximum Gasteiger partial charge on any atom is 0.238 e. The van der Waals surface area contributed by atoms with Gasteiger partial charge in [-0.25, -0.2) is 0 Å². The molecule has 1 aromatic heterocycles. The molecule has 0 atom stereocenters. The molecule has 0 aliphatic heterocycles. The van der Waals surface area contributed by atoms with Crippen LogP contribution in [0.1, 0.15) is 4.88 Å². The second kappa shape index (κ2) is 11.6. The zero-order valence-electron chi connectivity index (χ0n) is 13.9. The van der Waals surface area contributed by atoms with Crippen LogP contribution in [-0.2, 0) is 20.7 Å². The third kappa shape index (κ3) is 7.66. The maximum absolute atomic E-state index is 12.1. The number of methoxy groups -OCH3 is 1. The summed E-state index contributed by atoms with van der Waals surface area (Å²) in [6, 6.07) is 11.0. The van der Waals surface area contributed by atoms with E-state index in [4.69, 9.17) is 4.74 Å². The highest BCUT2D eigenvalue weighted by atomic mass is 35.5. The monoisotopic (exact) mass is 383 g/mol. The number of para-hydroxylation sites is 2. The van der Waals surface area contributed by atoms with Gasteiger partial charge in [0.15, 0.2) is 0 Å². The Bertz CT molecular complexity index is 665. The van der Waals surface area contributed by atoms with Crippen LogP contribution in [0, 0.1) is 0 Å². The molecule has 2 rings (SSSR count). The zero-order valence-corrected chi connectivity index (χ0v) is 15.5. The van der Waals surface area contributed by atoms with Gasteiger partial charge in [-0.2, -0.15) is 0 Å². The fraction of sp³-hybridized carbons (Fsp3) is 0.294. The number of halogens is 1. The van der Waals surface area contributed by atoms with E-state index < -0.39 is 0 Å². The normalized spacial score (nSPS) is 9.96. The molecule has 0 aliphatic rings. The van der Waals surface area contributed by atoms with Gasteiger partial charge in [0.2, 0.25) is 11.8 Å². The summed E-state index contributed by atoms with van der Waals surface area (Å²) in [5, 5.41) is 10.6. The van der Waals surface area contributed by atoms with E-state index in [1.165, 1.54) is 0 Å². The van der Waals surface area contributed by atoms with Gasteiger partial charge in [0.25, 0.3) is 0 Å². The summed E-state index contributed by atoms with van der Waals surface area (Å²) in [5.74, 6) is -0.288. The lowest BCUT2D eigenvalue weighted by molar-refractivity contribution is -0.116. The first-order chi connectivity index (χ1) is 11.7. The largest absolute Gasteiger partial charge is 0.383 e. The number of anilines is 2. The SMILES string of the molecule is COCCNCC(=O)Nc1ccccc1NC(=O)Cc1cccs1.Cl. The minimum absolute atomic E-state index is 0. The minimum atomic E-state index is -0.175. The third-order valence-corrected chi connectivity index (χ3v) is 4.04. The topological polar surface area (TPSA) is 79.5 Å². The van der Waals surface area contributed by atoms with E-state index in [2.05, 4.69) is 16.0 Å². The molecule has 6 nitrogen and oxygen atoms in total. The molecule has 8 heteroatoms. The van der Waals surface area contributed by atoms with Crippen LogP contribution in [0.25, 0.3) is 0 Å². The number of carbonyl (C=O) groups is 2. The second-order valence-corrected chi connectivity index (χ2v) is 6.10. The van der Waals surface area contributed by atoms with Crippen molar-refractivity contribution >= 4 is 46.9 Å². The van der Waals surface area contributed by atoms with Crippen molar-refractivity contribution in [2.75, 3.05) is 37.4 Å². The van der Waals surface area contributed by atoms with Crippen LogP contribution >= 0.6 is 23.7 Å². The summed E-state index contributed by atoms with van der Waals surface area (Å²) in [6.07, 6.45) is 0.318. The van der Waals surface area contributed by atoms with Crippen molar-refractivity contribution in [2.45, 2.75) is 6.42 Å². The van der Waals surface area contributed by atoms with Crippen molar-refractivity contribution in [1.29, 1.82) is 0 Å². The van der Waals surface area contributed by atoms with Crippen molar-refractivity contribution in [2.24, 2.45) is 0 Å². The predicted octanol–water partition coefficient (Wildman–Crippen LogP) is 2.53. The number of amides is 2. The Kier molecular flexibility index (Phi) is 9.79. The molecule has 1 aromatic carbocycles. The van der Waals surface area contributed by atoms with Gasteiger partial charge >= 0.3 is 0 Å². The number of hydrogen-bond donors (Lipinski definition) is 3. The molecule has 0 unspecified atom stereocenters. The number of ether oxygens (including phenoxy) is 1. The van der Waals surface area contributed by atoms with E-state index in [1.54, 1.807) is 30.6 Å². The van der Waals surface area contributed by atoms with E-state index in [0.717, 1.165) is 4.88 Å². The van der Waals surface area contributed by atoms with Gasteiger partial charge < -0.3 is 20.7 Å². The van der Waals surface area contributed by atoms with Gasteiger partial charge in [-0.05, 0) is 23.6 Å². The number of hydrogen-bond acceptors (Lipinski definition) is 5. The van der Waals surface area contributed by atoms with Crippen molar-refractivity contribution < 1.29 is 14.3 Å². The predicted molar refractivity (Wildman–Crippen MR) is 104 cm³/mol. The Hall–Kier alpha value is -1.93. The van der Waals surface area contributed by atoms with Gasteiger partial charge in [0.1, 0.15) is 0 Å². The van der Waals surface area contributed by atoms with Gasteiger partial charge in [-0.15, -0.1) is 23.7 Å². The summed E-state index contributed by atoms with van der Waals surface area (Å²) in [4.78, 5) is 25.1. The average molecular weight is 384 g/mol. The summed E-state index contributed by atoms with van der Waals surface area (Å²) < 4.78 is 4.91.